The summed E-state index contributed by atoms with van der Waals surface area (Å²) in [7, 11) is 0. The lowest BCUT2D eigenvalue weighted by Crippen LogP contribution is -1.96. The summed E-state index contributed by atoms with van der Waals surface area (Å²) in [4.78, 5) is 4.34. The van der Waals surface area contributed by atoms with Crippen molar-refractivity contribution < 1.29 is 13.7 Å². The molecule has 3 aromatic rings. The van der Waals surface area contributed by atoms with Crippen LogP contribution in [0.5, 0.6) is 5.75 Å². The fraction of sp³-hybridized carbons (Fsp3) is 0.412. The normalized spacial score (nSPS) is 11.2. The summed E-state index contributed by atoms with van der Waals surface area (Å²) in [5.41, 5.74) is 1.18. The van der Waals surface area contributed by atoms with Crippen LogP contribution in [0.4, 0.5) is 0 Å². The average Bonchev–Trinajstić information content (AvgIpc) is 3.21. The molecule has 0 radical (unpaired) electrons. The fourth-order valence-electron chi connectivity index (χ4n) is 2.05. The predicted molar refractivity (Wildman–Crippen MR) is 92.2 cm³/mol. The van der Waals surface area contributed by atoms with Gasteiger partial charge >= 0.3 is 0 Å². The Balaban J connectivity index is 1.48. The van der Waals surface area contributed by atoms with Gasteiger partial charge < -0.3 is 13.7 Å². The predicted octanol–water partition coefficient (Wildman–Crippen LogP) is 3.83. The first kappa shape index (κ1) is 17.5. The molecule has 1 aromatic carbocycles. The summed E-state index contributed by atoms with van der Waals surface area (Å²) in [5, 5.41) is 12.4. The molecular formula is C17H20N4O3S. The van der Waals surface area contributed by atoms with Crippen LogP contribution in [-0.4, -0.2) is 20.3 Å². The number of benzene rings is 1. The van der Waals surface area contributed by atoms with E-state index in [0.717, 1.165) is 18.0 Å². The van der Waals surface area contributed by atoms with Gasteiger partial charge in [0.25, 0.3) is 11.1 Å². The Labute approximate surface area is 150 Å². The van der Waals surface area contributed by atoms with Gasteiger partial charge in [-0.15, -0.1) is 10.2 Å². The highest BCUT2D eigenvalue weighted by atomic mass is 32.2. The highest BCUT2D eigenvalue weighted by Crippen LogP contribution is 2.21. The molecule has 0 spiro atoms. The summed E-state index contributed by atoms with van der Waals surface area (Å²) in [6, 6.07) is 7.79. The molecule has 0 unspecified atom stereocenters. The third-order valence-electron chi connectivity index (χ3n) is 3.25. The molecule has 2 aromatic heterocycles. The molecule has 0 N–H and O–H groups in total. The van der Waals surface area contributed by atoms with Crippen LogP contribution in [0.2, 0.25) is 0 Å². The number of hydrogen-bond donors (Lipinski definition) is 0. The number of hydrogen-bond acceptors (Lipinski definition) is 8. The van der Waals surface area contributed by atoms with Gasteiger partial charge in [0.1, 0.15) is 5.75 Å². The molecule has 7 nitrogen and oxygen atoms in total. The molecule has 0 amide bonds. The van der Waals surface area contributed by atoms with Crippen LogP contribution in [0, 0.1) is 12.8 Å². The minimum absolute atomic E-state index is 0.232. The first-order valence-electron chi connectivity index (χ1n) is 8.04. The number of nitrogens with zero attached hydrogens (tertiary/aromatic N) is 4. The van der Waals surface area contributed by atoms with Crippen LogP contribution in [0.1, 0.15) is 37.0 Å². The number of aryl methyl sites for hydroxylation is 1. The van der Waals surface area contributed by atoms with E-state index in [1.807, 2.05) is 31.2 Å². The van der Waals surface area contributed by atoms with E-state index >= 15 is 0 Å². The summed E-state index contributed by atoms with van der Waals surface area (Å²) >= 11 is 1.36. The van der Waals surface area contributed by atoms with Crippen LogP contribution in [0.15, 0.2) is 38.4 Å². The van der Waals surface area contributed by atoms with Gasteiger partial charge in [0.05, 0.1) is 5.75 Å². The maximum atomic E-state index is 5.62. The van der Waals surface area contributed by atoms with E-state index in [0.29, 0.717) is 28.7 Å². The van der Waals surface area contributed by atoms with Gasteiger partial charge in [0.2, 0.25) is 5.89 Å². The van der Waals surface area contributed by atoms with Crippen LogP contribution >= 0.6 is 11.8 Å². The Kier molecular flexibility index (Phi) is 5.70. The van der Waals surface area contributed by atoms with Crippen molar-refractivity contribution in [3.8, 4) is 5.75 Å². The molecule has 3 rings (SSSR count). The largest absolute Gasteiger partial charge is 0.484 e. The first-order valence-corrected chi connectivity index (χ1v) is 9.03. The van der Waals surface area contributed by atoms with Gasteiger partial charge in [0.15, 0.2) is 12.4 Å². The minimum atomic E-state index is 0.232. The molecule has 0 saturated carbocycles. The number of rotatable bonds is 8. The Morgan fingerprint density at radius 3 is 2.68 bits per heavy atom. The zero-order chi connectivity index (χ0) is 17.6. The van der Waals surface area contributed by atoms with E-state index in [2.05, 4.69) is 34.2 Å². The zero-order valence-corrected chi connectivity index (χ0v) is 15.2. The first-order chi connectivity index (χ1) is 12.1. The third kappa shape index (κ3) is 5.32. The van der Waals surface area contributed by atoms with E-state index in [1.165, 1.54) is 17.3 Å². The van der Waals surface area contributed by atoms with Crippen molar-refractivity contribution >= 4 is 11.8 Å². The van der Waals surface area contributed by atoms with Crippen LogP contribution in [0.3, 0.4) is 0 Å². The van der Waals surface area contributed by atoms with Crippen molar-refractivity contribution in [2.45, 2.75) is 44.8 Å². The van der Waals surface area contributed by atoms with E-state index < -0.39 is 0 Å². The van der Waals surface area contributed by atoms with Gasteiger partial charge in [-0.2, -0.15) is 4.98 Å². The number of ether oxygens (including phenoxy) is 1. The standard InChI is InChI=1S/C17H20N4O3S/c1-11(2)8-14-18-16(24-21-14)10-25-17-20-19-15(23-17)9-22-13-6-4-12(3)5-7-13/h4-7,11H,8-10H2,1-3H3. The summed E-state index contributed by atoms with van der Waals surface area (Å²) < 4.78 is 16.4. The second kappa shape index (κ2) is 8.15. The summed E-state index contributed by atoms with van der Waals surface area (Å²) in [5.74, 6) is 3.45. The molecule has 0 aliphatic rings. The lowest BCUT2D eigenvalue weighted by Gasteiger charge is -2.02. The third-order valence-corrected chi connectivity index (χ3v) is 4.05. The molecule has 0 atom stereocenters. The highest BCUT2D eigenvalue weighted by Gasteiger charge is 2.12. The topological polar surface area (TPSA) is 87.1 Å². The average molecular weight is 360 g/mol. The molecule has 132 valence electrons. The maximum absolute atomic E-state index is 5.62. The monoisotopic (exact) mass is 360 g/mol. The van der Waals surface area contributed by atoms with Gasteiger partial charge in [-0.3, -0.25) is 0 Å². The summed E-state index contributed by atoms with van der Waals surface area (Å²) in [6.45, 7) is 6.49. The molecule has 0 fully saturated rings. The number of thioether (sulfide) groups is 1. The van der Waals surface area contributed by atoms with Crippen molar-refractivity contribution in [1.82, 2.24) is 20.3 Å². The lowest BCUT2D eigenvalue weighted by molar-refractivity contribution is 0.252. The fourth-order valence-corrected chi connectivity index (χ4v) is 2.67. The quantitative estimate of drug-likeness (QED) is 0.560. The molecule has 25 heavy (non-hydrogen) atoms. The molecule has 0 aliphatic carbocycles. The Morgan fingerprint density at radius 2 is 1.92 bits per heavy atom. The van der Waals surface area contributed by atoms with Crippen molar-refractivity contribution in [3.63, 3.8) is 0 Å². The van der Waals surface area contributed by atoms with Crippen LogP contribution in [0.25, 0.3) is 0 Å². The second-order valence-electron chi connectivity index (χ2n) is 6.05. The van der Waals surface area contributed by atoms with E-state index in [1.54, 1.807) is 0 Å². The van der Waals surface area contributed by atoms with Gasteiger partial charge in [0, 0.05) is 6.42 Å². The lowest BCUT2D eigenvalue weighted by atomic mass is 10.1. The zero-order valence-electron chi connectivity index (χ0n) is 14.4. The molecule has 0 saturated heterocycles. The maximum Gasteiger partial charge on any atom is 0.277 e. The highest BCUT2D eigenvalue weighted by molar-refractivity contribution is 7.98. The van der Waals surface area contributed by atoms with Crippen LogP contribution < -0.4 is 4.74 Å². The minimum Gasteiger partial charge on any atom is -0.484 e. The molecular weight excluding hydrogens is 340 g/mol. The van der Waals surface area contributed by atoms with Crippen LogP contribution in [-0.2, 0) is 18.8 Å². The van der Waals surface area contributed by atoms with Gasteiger partial charge in [-0.1, -0.05) is 48.5 Å². The second-order valence-corrected chi connectivity index (χ2v) is 6.98. The van der Waals surface area contributed by atoms with E-state index in [4.69, 9.17) is 13.7 Å². The number of aromatic nitrogens is 4. The summed E-state index contributed by atoms with van der Waals surface area (Å²) in [6.07, 6.45) is 0.801. The van der Waals surface area contributed by atoms with Crippen molar-refractivity contribution in [1.29, 1.82) is 0 Å². The molecule has 8 heteroatoms. The molecule has 0 bridgehead atoms. The SMILES string of the molecule is Cc1ccc(OCc2nnc(SCc3nc(CC(C)C)no3)o2)cc1. The van der Waals surface area contributed by atoms with Crippen molar-refractivity contribution in [2.75, 3.05) is 0 Å². The van der Waals surface area contributed by atoms with Gasteiger partial charge in [-0.25, -0.2) is 0 Å². The van der Waals surface area contributed by atoms with Gasteiger partial charge in [-0.05, 0) is 25.0 Å². The smallest absolute Gasteiger partial charge is 0.277 e. The van der Waals surface area contributed by atoms with E-state index in [9.17, 15) is 0 Å². The van der Waals surface area contributed by atoms with E-state index in [-0.39, 0.29) is 6.61 Å². The Bertz CT molecular complexity index is 798. The Morgan fingerprint density at radius 1 is 1.12 bits per heavy atom. The van der Waals surface area contributed by atoms with Crippen molar-refractivity contribution in [3.05, 3.63) is 47.4 Å². The Hall–Kier alpha value is -2.35. The molecule has 0 aliphatic heterocycles. The van der Waals surface area contributed by atoms with Crippen molar-refractivity contribution in [2.24, 2.45) is 5.92 Å². The molecule has 2 heterocycles.